The molecule has 2 N–H and O–H groups in total. The predicted octanol–water partition coefficient (Wildman–Crippen LogP) is 2.00. The molecule has 0 saturated carbocycles. The van der Waals surface area contributed by atoms with Crippen molar-refractivity contribution in [3.05, 3.63) is 0 Å². The van der Waals surface area contributed by atoms with Crippen LogP contribution in [0.1, 0.15) is 52.4 Å². The minimum Gasteiger partial charge on any atom is -0.480 e. The van der Waals surface area contributed by atoms with Crippen LogP contribution in [0, 0.1) is 5.41 Å². The van der Waals surface area contributed by atoms with Crippen molar-refractivity contribution in [3.63, 3.8) is 0 Å². The molecule has 0 aromatic heterocycles. The minimum atomic E-state index is -1.20. The lowest BCUT2D eigenvalue weighted by molar-refractivity contribution is -0.155. The predicted molar refractivity (Wildman–Crippen MR) is 61.2 cm³/mol. The molecular weight excluding hydrogens is 208 g/mol. The third-order valence-electron chi connectivity index (χ3n) is 3.20. The molecule has 4 nitrogen and oxygen atoms in total. The Morgan fingerprint density at radius 3 is 2.06 bits per heavy atom. The molecule has 4 heteroatoms. The lowest BCUT2D eigenvalue weighted by Crippen LogP contribution is -2.37. The van der Waals surface area contributed by atoms with Crippen LogP contribution in [0.4, 0.5) is 0 Å². The lowest BCUT2D eigenvalue weighted by Gasteiger charge is -2.24. The Labute approximate surface area is 96.7 Å². The molecule has 16 heavy (non-hydrogen) atoms. The Hall–Kier alpha value is -0.900. The molecule has 1 atom stereocenters. The van der Waals surface area contributed by atoms with Gasteiger partial charge in [0.15, 0.2) is 0 Å². The van der Waals surface area contributed by atoms with Gasteiger partial charge in [-0.15, -0.1) is 0 Å². The second kappa shape index (κ2) is 7.39. The Bertz CT molecular complexity index is 221. The Balaban J connectivity index is 4.23. The molecule has 0 amide bonds. The number of carbonyl (C=O) groups excluding carboxylic acids is 1. The molecule has 0 bridgehead atoms. The highest BCUT2D eigenvalue weighted by Crippen LogP contribution is 2.30. The summed E-state index contributed by atoms with van der Waals surface area (Å²) in [5.74, 6) is -1.27. The summed E-state index contributed by atoms with van der Waals surface area (Å²) in [6.45, 7) is 3.26. The van der Waals surface area contributed by atoms with Gasteiger partial charge in [-0.25, -0.2) is 0 Å². The molecule has 0 aromatic carbocycles. The topological polar surface area (TPSA) is 74.6 Å². The highest BCUT2D eigenvalue weighted by Gasteiger charge is 2.40. The molecular formula is C12H22O4. The maximum absolute atomic E-state index is 11.4. The number of ketones is 1. The number of hydrogen-bond acceptors (Lipinski definition) is 3. The Kier molecular flexibility index (Phi) is 6.97. The van der Waals surface area contributed by atoms with Crippen LogP contribution in [0.5, 0.6) is 0 Å². The normalized spacial score (nSPS) is 14.4. The van der Waals surface area contributed by atoms with Gasteiger partial charge in [-0.3, -0.25) is 9.59 Å². The van der Waals surface area contributed by atoms with E-state index < -0.39 is 11.4 Å². The molecule has 0 fully saturated rings. The molecule has 1 unspecified atom stereocenters. The van der Waals surface area contributed by atoms with Gasteiger partial charge in [0.25, 0.3) is 0 Å². The molecule has 0 saturated heterocycles. The summed E-state index contributed by atoms with van der Waals surface area (Å²) in [5.41, 5.74) is -1.20. The Morgan fingerprint density at radius 2 is 1.69 bits per heavy atom. The number of carboxylic acids is 1. The first-order chi connectivity index (χ1) is 7.51. The number of aliphatic hydroxyl groups excluding tert-OH is 1. The average Bonchev–Trinajstić information content (AvgIpc) is 2.22. The number of Topliss-reactive ketones (excluding diaryl/α,β-unsaturated/α-hetero) is 1. The smallest absolute Gasteiger partial charge is 0.317 e. The second-order valence-corrected chi connectivity index (χ2v) is 4.18. The van der Waals surface area contributed by atoms with Crippen molar-refractivity contribution in [2.24, 2.45) is 5.41 Å². The van der Waals surface area contributed by atoms with E-state index >= 15 is 0 Å². The minimum absolute atomic E-state index is 0.171. The van der Waals surface area contributed by atoms with Crippen molar-refractivity contribution in [1.82, 2.24) is 0 Å². The number of hydrogen-bond donors (Lipinski definition) is 2. The van der Waals surface area contributed by atoms with E-state index in [-0.39, 0.29) is 12.4 Å². The van der Waals surface area contributed by atoms with Gasteiger partial charge in [-0.1, -0.05) is 26.2 Å². The van der Waals surface area contributed by atoms with Gasteiger partial charge in [0.1, 0.15) is 11.2 Å². The monoisotopic (exact) mass is 230 g/mol. The molecule has 0 aliphatic heterocycles. The van der Waals surface area contributed by atoms with E-state index in [4.69, 9.17) is 10.2 Å². The maximum Gasteiger partial charge on any atom is 0.317 e. The fraction of sp³-hybridized carbons (Fsp3) is 0.833. The number of carbonyl (C=O) groups is 2. The van der Waals surface area contributed by atoms with Crippen LogP contribution in [0.15, 0.2) is 0 Å². The second-order valence-electron chi connectivity index (χ2n) is 4.18. The highest BCUT2D eigenvalue weighted by molar-refractivity contribution is 6.01. The van der Waals surface area contributed by atoms with Crippen molar-refractivity contribution in [2.75, 3.05) is 6.61 Å². The first kappa shape index (κ1) is 15.1. The van der Waals surface area contributed by atoms with Gasteiger partial charge in [-0.2, -0.15) is 0 Å². The zero-order valence-electron chi connectivity index (χ0n) is 10.2. The summed E-state index contributed by atoms with van der Waals surface area (Å²) in [5, 5.41) is 17.7. The quantitative estimate of drug-likeness (QED) is 0.469. The number of carboxylic acid groups (broad SMARTS) is 1. The SMILES string of the molecule is CCC(CCCCCCO)(C(C)=O)C(=O)O. The van der Waals surface area contributed by atoms with Crippen molar-refractivity contribution in [3.8, 4) is 0 Å². The van der Waals surface area contributed by atoms with Crippen LogP contribution < -0.4 is 0 Å². The number of aliphatic carboxylic acids is 1. The van der Waals surface area contributed by atoms with Crippen LogP contribution in [0.3, 0.4) is 0 Å². The van der Waals surface area contributed by atoms with Gasteiger partial charge in [0.05, 0.1) is 0 Å². The van der Waals surface area contributed by atoms with E-state index in [1.807, 2.05) is 0 Å². The highest BCUT2D eigenvalue weighted by atomic mass is 16.4. The molecule has 94 valence electrons. The zero-order chi connectivity index (χ0) is 12.6. The first-order valence-corrected chi connectivity index (χ1v) is 5.86. The third kappa shape index (κ3) is 3.93. The first-order valence-electron chi connectivity index (χ1n) is 5.86. The lowest BCUT2D eigenvalue weighted by atomic mass is 9.77. The van der Waals surface area contributed by atoms with Crippen molar-refractivity contribution < 1.29 is 19.8 Å². The van der Waals surface area contributed by atoms with E-state index in [0.717, 1.165) is 25.7 Å². The van der Waals surface area contributed by atoms with Gasteiger partial charge < -0.3 is 10.2 Å². The number of aliphatic hydroxyl groups is 1. The standard InChI is InChI=1S/C12H22O4/c1-3-12(10(2)14,11(15)16)8-6-4-5-7-9-13/h13H,3-9H2,1-2H3,(H,15,16). The molecule has 0 radical (unpaired) electrons. The van der Waals surface area contributed by atoms with Crippen LogP contribution in [0.2, 0.25) is 0 Å². The fourth-order valence-electron chi connectivity index (χ4n) is 1.90. The van der Waals surface area contributed by atoms with E-state index in [1.54, 1.807) is 6.92 Å². The van der Waals surface area contributed by atoms with Crippen molar-refractivity contribution in [1.29, 1.82) is 0 Å². The molecule has 0 aliphatic rings. The molecule has 0 aliphatic carbocycles. The summed E-state index contributed by atoms with van der Waals surface area (Å²) >= 11 is 0. The van der Waals surface area contributed by atoms with Crippen LogP contribution in [0.25, 0.3) is 0 Å². The van der Waals surface area contributed by atoms with Crippen LogP contribution >= 0.6 is 0 Å². The third-order valence-corrected chi connectivity index (χ3v) is 3.20. The average molecular weight is 230 g/mol. The summed E-state index contributed by atoms with van der Waals surface area (Å²) in [7, 11) is 0. The van der Waals surface area contributed by atoms with E-state index in [9.17, 15) is 9.59 Å². The summed E-state index contributed by atoms with van der Waals surface area (Å²) in [6, 6.07) is 0. The van der Waals surface area contributed by atoms with E-state index in [0.29, 0.717) is 12.8 Å². The number of rotatable bonds is 9. The Morgan fingerprint density at radius 1 is 1.12 bits per heavy atom. The summed E-state index contributed by atoms with van der Waals surface area (Å²) < 4.78 is 0. The zero-order valence-corrected chi connectivity index (χ0v) is 10.2. The van der Waals surface area contributed by atoms with E-state index in [1.165, 1.54) is 6.92 Å². The van der Waals surface area contributed by atoms with Gasteiger partial charge in [0.2, 0.25) is 0 Å². The van der Waals surface area contributed by atoms with Crippen LogP contribution in [-0.4, -0.2) is 28.6 Å². The molecule has 0 heterocycles. The molecule has 0 spiro atoms. The summed E-state index contributed by atoms with van der Waals surface area (Å²) in [4.78, 5) is 22.6. The van der Waals surface area contributed by atoms with E-state index in [2.05, 4.69) is 0 Å². The molecule has 0 aromatic rings. The largest absolute Gasteiger partial charge is 0.480 e. The van der Waals surface area contributed by atoms with Gasteiger partial charge in [0, 0.05) is 6.61 Å². The molecule has 0 rings (SSSR count). The number of unbranched alkanes of at least 4 members (excludes halogenated alkanes) is 3. The van der Waals surface area contributed by atoms with Crippen LogP contribution in [-0.2, 0) is 9.59 Å². The van der Waals surface area contributed by atoms with Crippen molar-refractivity contribution in [2.45, 2.75) is 52.4 Å². The van der Waals surface area contributed by atoms with Gasteiger partial charge >= 0.3 is 5.97 Å². The summed E-state index contributed by atoms with van der Waals surface area (Å²) in [6.07, 6.45) is 3.96. The fourth-order valence-corrected chi connectivity index (χ4v) is 1.90. The maximum atomic E-state index is 11.4. The van der Waals surface area contributed by atoms with Crippen molar-refractivity contribution >= 4 is 11.8 Å². The van der Waals surface area contributed by atoms with Gasteiger partial charge in [-0.05, 0) is 26.2 Å².